The second kappa shape index (κ2) is 2.15. The summed E-state index contributed by atoms with van der Waals surface area (Å²) in [6.07, 6.45) is 3.23. The van der Waals surface area contributed by atoms with E-state index < -0.39 is 0 Å². The molecular weight excluding hydrogens is 140 g/mol. The molecule has 60 valence electrons. The van der Waals surface area contributed by atoms with Crippen LogP contribution in [0.4, 0.5) is 11.6 Å². The molecule has 1 aromatic rings. The Morgan fingerprint density at radius 3 is 3.09 bits per heavy atom. The van der Waals surface area contributed by atoms with Crippen LogP contribution in [0.1, 0.15) is 13.3 Å². The predicted molar refractivity (Wildman–Crippen MR) is 44.5 cm³/mol. The van der Waals surface area contributed by atoms with Crippen LogP contribution in [-0.2, 0) is 7.05 Å². The van der Waals surface area contributed by atoms with Gasteiger partial charge in [0.1, 0.15) is 0 Å². The number of fused-ring (bicyclic) bond motifs is 1. The average molecular weight is 152 g/mol. The van der Waals surface area contributed by atoms with Crippen LogP contribution < -0.4 is 10.6 Å². The molecule has 1 unspecified atom stereocenters. The van der Waals surface area contributed by atoms with Gasteiger partial charge in [0.15, 0.2) is 11.6 Å². The van der Waals surface area contributed by atoms with Gasteiger partial charge in [-0.2, -0.15) is 0 Å². The Morgan fingerprint density at radius 1 is 1.64 bits per heavy atom. The Balaban J connectivity index is 2.27. The molecule has 0 aliphatic carbocycles. The third kappa shape index (κ3) is 0.859. The molecule has 1 atom stereocenters. The number of aryl methyl sites for hydroxylation is 1. The van der Waals surface area contributed by atoms with Gasteiger partial charge in [-0.3, -0.25) is 0 Å². The molecule has 0 aromatic carbocycles. The highest BCUT2D eigenvalue weighted by Gasteiger charge is 2.21. The minimum absolute atomic E-state index is 0.361. The SMILES string of the molecule is CCC1Nc2ncn(C)c2N1. The zero-order valence-corrected chi connectivity index (χ0v) is 6.76. The molecule has 0 bridgehead atoms. The molecule has 0 spiro atoms. The topological polar surface area (TPSA) is 41.9 Å². The highest BCUT2D eigenvalue weighted by Crippen LogP contribution is 2.26. The minimum Gasteiger partial charge on any atom is -0.348 e. The third-order valence-corrected chi connectivity index (χ3v) is 1.97. The lowest BCUT2D eigenvalue weighted by Crippen LogP contribution is -2.21. The van der Waals surface area contributed by atoms with Crippen molar-refractivity contribution in [1.29, 1.82) is 0 Å². The van der Waals surface area contributed by atoms with Gasteiger partial charge in [-0.25, -0.2) is 4.98 Å². The van der Waals surface area contributed by atoms with Crippen LogP contribution in [0.5, 0.6) is 0 Å². The van der Waals surface area contributed by atoms with E-state index in [1.165, 1.54) is 0 Å². The molecule has 1 aliphatic heterocycles. The molecule has 2 heterocycles. The summed E-state index contributed by atoms with van der Waals surface area (Å²) in [5.74, 6) is 2.07. The normalized spacial score (nSPS) is 20.7. The summed E-state index contributed by atoms with van der Waals surface area (Å²) in [5.41, 5.74) is 0. The molecule has 0 saturated carbocycles. The Kier molecular flexibility index (Phi) is 1.27. The zero-order chi connectivity index (χ0) is 7.84. The second-order valence-electron chi connectivity index (χ2n) is 2.80. The van der Waals surface area contributed by atoms with Crippen LogP contribution in [0.15, 0.2) is 6.33 Å². The van der Waals surface area contributed by atoms with Crippen molar-refractivity contribution in [3.8, 4) is 0 Å². The lowest BCUT2D eigenvalue weighted by Gasteiger charge is -2.08. The van der Waals surface area contributed by atoms with Crippen LogP contribution in [0, 0.1) is 0 Å². The molecule has 4 nitrogen and oxygen atoms in total. The van der Waals surface area contributed by atoms with E-state index in [-0.39, 0.29) is 0 Å². The Labute approximate surface area is 65.6 Å². The van der Waals surface area contributed by atoms with Gasteiger partial charge in [0.05, 0.1) is 12.5 Å². The van der Waals surface area contributed by atoms with Gasteiger partial charge in [-0.15, -0.1) is 0 Å². The van der Waals surface area contributed by atoms with E-state index in [1.807, 2.05) is 11.6 Å². The summed E-state index contributed by atoms with van der Waals surface area (Å²) in [7, 11) is 1.98. The van der Waals surface area contributed by atoms with E-state index in [4.69, 9.17) is 0 Å². The first-order chi connectivity index (χ1) is 5.31. The summed E-state index contributed by atoms with van der Waals surface area (Å²) < 4.78 is 1.98. The molecule has 1 aliphatic rings. The van der Waals surface area contributed by atoms with E-state index in [0.717, 1.165) is 18.1 Å². The summed E-state index contributed by atoms with van der Waals surface area (Å²) in [6.45, 7) is 2.14. The maximum Gasteiger partial charge on any atom is 0.170 e. The van der Waals surface area contributed by atoms with E-state index in [2.05, 4.69) is 22.5 Å². The molecule has 2 N–H and O–H groups in total. The average Bonchev–Trinajstić information content (AvgIpc) is 2.53. The Bertz CT molecular complexity index is 265. The number of hydrogen-bond acceptors (Lipinski definition) is 3. The van der Waals surface area contributed by atoms with Gasteiger partial charge >= 0.3 is 0 Å². The molecular formula is C7H12N4. The predicted octanol–water partition coefficient (Wildman–Crippen LogP) is 0.994. The Morgan fingerprint density at radius 2 is 2.45 bits per heavy atom. The summed E-state index contributed by atoms with van der Waals surface area (Å²) in [4.78, 5) is 4.18. The zero-order valence-electron chi connectivity index (χ0n) is 6.76. The van der Waals surface area contributed by atoms with Gasteiger partial charge < -0.3 is 15.2 Å². The standard InChI is InChI=1S/C7H12N4/c1-3-5-9-6-7(10-5)11(2)4-8-6/h4-5,9-10H,3H2,1-2H3. The largest absolute Gasteiger partial charge is 0.348 e. The van der Waals surface area contributed by atoms with E-state index in [9.17, 15) is 0 Å². The minimum atomic E-state index is 0.361. The van der Waals surface area contributed by atoms with E-state index in [1.54, 1.807) is 6.33 Å². The van der Waals surface area contributed by atoms with Crippen molar-refractivity contribution in [2.75, 3.05) is 10.6 Å². The molecule has 0 amide bonds. The fraction of sp³-hybridized carbons (Fsp3) is 0.571. The quantitative estimate of drug-likeness (QED) is 0.630. The first-order valence-corrected chi connectivity index (χ1v) is 3.85. The monoisotopic (exact) mass is 152 g/mol. The number of rotatable bonds is 1. The van der Waals surface area contributed by atoms with Crippen molar-refractivity contribution >= 4 is 11.6 Å². The van der Waals surface area contributed by atoms with Crippen LogP contribution in [0.2, 0.25) is 0 Å². The van der Waals surface area contributed by atoms with Crippen molar-refractivity contribution in [1.82, 2.24) is 9.55 Å². The number of aromatic nitrogens is 2. The van der Waals surface area contributed by atoms with Crippen molar-refractivity contribution in [3.63, 3.8) is 0 Å². The van der Waals surface area contributed by atoms with Crippen LogP contribution in [-0.4, -0.2) is 15.7 Å². The fourth-order valence-electron chi connectivity index (χ4n) is 1.28. The number of anilines is 2. The summed E-state index contributed by atoms with van der Waals surface area (Å²) >= 11 is 0. The fourth-order valence-corrected chi connectivity index (χ4v) is 1.28. The van der Waals surface area contributed by atoms with E-state index in [0.29, 0.717) is 6.17 Å². The first-order valence-electron chi connectivity index (χ1n) is 3.85. The highest BCUT2D eigenvalue weighted by molar-refractivity contribution is 5.66. The maximum atomic E-state index is 4.18. The summed E-state index contributed by atoms with van der Waals surface area (Å²) in [5, 5.41) is 6.58. The van der Waals surface area contributed by atoms with Gasteiger partial charge in [-0.1, -0.05) is 6.92 Å². The van der Waals surface area contributed by atoms with Crippen LogP contribution in [0.25, 0.3) is 0 Å². The second-order valence-corrected chi connectivity index (χ2v) is 2.80. The lowest BCUT2D eigenvalue weighted by atomic mass is 10.4. The molecule has 0 radical (unpaired) electrons. The maximum absolute atomic E-state index is 4.18. The number of hydrogen-bond donors (Lipinski definition) is 2. The highest BCUT2D eigenvalue weighted by atomic mass is 15.3. The van der Waals surface area contributed by atoms with Crippen molar-refractivity contribution < 1.29 is 0 Å². The van der Waals surface area contributed by atoms with Crippen LogP contribution in [0.3, 0.4) is 0 Å². The molecule has 0 saturated heterocycles. The van der Waals surface area contributed by atoms with E-state index >= 15 is 0 Å². The van der Waals surface area contributed by atoms with Gasteiger partial charge in [-0.05, 0) is 6.42 Å². The van der Waals surface area contributed by atoms with Crippen molar-refractivity contribution in [3.05, 3.63) is 6.33 Å². The number of imidazole rings is 1. The first kappa shape index (κ1) is 6.52. The number of nitrogens with zero attached hydrogens (tertiary/aromatic N) is 2. The molecule has 2 rings (SSSR count). The summed E-state index contributed by atoms with van der Waals surface area (Å²) in [6, 6.07) is 0. The number of nitrogens with one attached hydrogen (secondary N) is 2. The third-order valence-electron chi connectivity index (χ3n) is 1.97. The van der Waals surface area contributed by atoms with Gasteiger partial charge in [0, 0.05) is 7.05 Å². The lowest BCUT2D eigenvalue weighted by molar-refractivity contribution is 0.779. The molecule has 0 fully saturated rings. The van der Waals surface area contributed by atoms with Crippen LogP contribution >= 0.6 is 0 Å². The Hall–Kier alpha value is -1.19. The smallest absolute Gasteiger partial charge is 0.170 e. The molecule has 4 heteroatoms. The van der Waals surface area contributed by atoms with Gasteiger partial charge in [0.25, 0.3) is 0 Å². The van der Waals surface area contributed by atoms with Crippen molar-refractivity contribution in [2.45, 2.75) is 19.5 Å². The van der Waals surface area contributed by atoms with Crippen molar-refractivity contribution in [2.24, 2.45) is 7.05 Å². The molecule has 11 heavy (non-hydrogen) atoms. The molecule has 1 aromatic heterocycles. The van der Waals surface area contributed by atoms with Gasteiger partial charge in [0.2, 0.25) is 0 Å².